The first kappa shape index (κ1) is 17.1. The minimum absolute atomic E-state index is 0.152. The maximum absolute atomic E-state index is 6.13. The Balaban J connectivity index is 2.28. The molecule has 1 fully saturated rings. The normalized spacial score (nSPS) is 21.6. The number of nitrogens with zero attached hydrogens (tertiary/aromatic N) is 2. The molecule has 1 aromatic carbocycles. The van der Waals surface area contributed by atoms with Crippen molar-refractivity contribution in [3.05, 3.63) is 23.8 Å². The molecule has 5 heteroatoms. The van der Waals surface area contributed by atoms with Crippen LogP contribution >= 0.6 is 0 Å². The van der Waals surface area contributed by atoms with E-state index >= 15 is 0 Å². The molecule has 1 saturated heterocycles. The summed E-state index contributed by atoms with van der Waals surface area (Å²) in [5, 5.41) is 0. The van der Waals surface area contributed by atoms with Gasteiger partial charge in [0.15, 0.2) is 0 Å². The lowest BCUT2D eigenvalue weighted by Gasteiger charge is -2.43. The maximum atomic E-state index is 6.13. The molecular weight excluding hydrogens is 278 g/mol. The van der Waals surface area contributed by atoms with Gasteiger partial charge in [-0.3, -0.25) is 4.90 Å². The van der Waals surface area contributed by atoms with Gasteiger partial charge in [0.2, 0.25) is 0 Å². The molecule has 0 aromatic heterocycles. The number of nitrogens with two attached hydrogens (primary N) is 1. The van der Waals surface area contributed by atoms with Crippen LogP contribution < -0.4 is 15.2 Å². The predicted molar refractivity (Wildman–Crippen MR) is 89.6 cm³/mol. The van der Waals surface area contributed by atoms with Crippen molar-refractivity contribution in [2.24, 2.45) is 5.73 Å². The third-order valence-electron chi connectivity index (χ3n) is 4.63. The molecule has 0 amide bonds. The van der Waals surface area contributed by atoms with Gasteiger partial charge in [0.1, 0.15) is 11.5 Å². The summed E-state index contributed by atoms with van der Waals surface area (Å²) in [4.78, 5) is 4.97. The lowest BCUT2D eigenvalue weighted by molar-refractivity contribution is 0.0527. The molecule has 1 heterocycles. The number of methoxy groups -OCH3 is 2. The van der Waals surface area contributed by atoms with Crippen LogP contribution in [0.2, 0.25) is 0 Å². The first-order valence-corrected chi connectivity index (χ1v) is 8.04. The van der Waals surface area contributed by atoms with Crippen molar-refractivity contribution in [1.82, 2.24) is 9.80 Å². The summed E-state index contributed by atoms with van der Waals surface area (Å²) >= 11 is 0. The first-order chi connectivity index (χ1) is 10.6. The largest absolute Gasteiger partial charge is 0.497 e. The van der Waals surface area contributed by atoms with E-state index in [9.17, 15) is 0 Å². The molecule has 22 heavy (non-hydrogen) atoms. The molecule has 1 aromatic rings. The van der Waals surface area contributed by atoms with E-state index in [1.54, 1.807) is 14.2 Å². The van der Waals surface area contributed by atoms with Crippen molar-refractivity contribution in [1.29, 1.82) is 0 Å². The Bertz CT molecular complexity index is 481. The standard InChI is InChI=1S/C17H29N3O2/c1-5-19-8-9-20(13(2)12-19)16(11-18)15-10-14(21-3)6-7-17(15)22-4/h6-7,10,13,16H,5,8-9,11-12,18H2,1-4H3. The second-order valence-corrected chi connectivity index (χ2v) is 5.84. The van der Waals surface area contributed by atoms with Gasteiger partial charge in [-0.1, -0.05) is 6.92 Å². The quantitative estimate of drug-likeness (QED) is 0.867. The smallest absolute Gasteiger partial charge is 0.123 e. The number of hydrogen-bond acceptors (Lipinski definition) is 5. The molecule has 2 N–H and O–H groups in total. The maximum Gasteiger partial charge on any atom is 0.123 e. The molecule has 124 valence electrons. The van der Waals surface area contributed by atoms with Crippen molar-refractivity contribution < 1.29 is 9.47 Å². The van der Waals surface area contributed by atoms with Crippen molar-refractivity contribution in [3.8, 4) is 11.5 Å². The Morgan fingerprint density at radius 1 is 1.27 bits per heavy atom. The fourth-order valence-corrected chi connectivity index (χ4v) is 3.34. The monoisotopic (exact) mass is 307 g/mol. The fourth-order valence-electron chi connectivity index (χ4n) is 3.34. The highest BCUT2D eigenvalue weighted by Gasteiger charge is 2.30. The Morgan fingerprint density at radius 3 is 2.59 bits per heavy atom. The summed E-state index contributed by atoms with van der Waals surface area (Å²) in [6.07, 6.45) is 0. The van der Waals surface area contributed by atoms with Crippen LogP contribution in [0.5, 0.6) is 11.5 Å². The van der Waals surface area contributed by atoms with E-state index in [-0.39, 0.29) is 6.04 Å². The van der Waals surface area contributed by atoms with E-state index in [1.807, 2.05) is 12.1 Å². The first-order valence-electron chi connectivity index (χ1n) is 8.04. The summed E-state index contributed by atoms with van der Waals surface area (Å²) in [6.45, 7) is 9.36. The SMILES string of the molecule is CCN1CCN(C(CN)c2cc(OC)ccc2OC)C(C)C1. The molecule has 2 rings (SSSR count). The summed E-state index contributed by atoms with van der Waals surface area (Å²) in [6, 6.07) is 6.56. The molecule has 1 aliphatic rings. The molecule has 0 aliphatic carbocycles. The second kappa shape index (κ2) is 7.81. The number of piperazine rings is 1. The minimum Gasteiger partial charge on any atom is -0.497 e. The predicted octanol–water partition coefficient (Wildman–Crippen LogP) is 1.73. The average Bonchev–Trinajstić information content (AvgIpc) is 2.56. The van der Waals surface area contributed by atoms with Gasteiger partial charge in [-0.15, -0.1) is 0 Å². The zero-order chi connectivity index (χ0) is 16.1. The van der Waals surface area contributed by atoms with E-state index in [2.05, 4.69) is 29.7 Å². The van der Waals surface area contributed by atoms with Gasteiger partial charge < -0.3 is 20.1 Å². The van der Waals surface area contributed by atoms with Crippen LogP contribution in [0, 0.1) is 0 Å². The van der Waals surface area contributed by atoms with E-state index in [0.29, 0.717) is 12.6 Å². The van der Waals surface area contributed by atoms with Gasteiger partial charge in [0, 0.05) is 37.8 Å². The van der Waals surface area contributed by atoms with Crippen LogP contribution in [0.15, 0.2) is 18.2 Å². The van der Waals surface area contributed by atoms with Gasteiger partial charge in [0.25, 0.3) is 0 Å². The average molecular weight is 307 g/mol. The molecule has 2 atom stereocenters. The van der Waals surface area contributed by atoms with E-state index in [1.165, 1.54) is 0 Å². The van der Waals surface area contributed by atoms with Crippen LogP contribution in [0.25, 0.3) is 0 Å². The van der Waals surface area contributed by atoms with Crippen molar-refractivity contribution in [2.45, 2.75) is 25.9 Å². The van der Waals surface area contributed by atoms with Gasteiger partial charge in [-0.25, -0.2) is 0 Å². The number of likely N-dealkylation sites (N-methyl/N-ethyl adjacent to an activating group) is 1. The van der Waals surface area contributed by atoms with E-state index in [0.717, 1.165) is 43.2 Å². The molecular formula is C17H29N3O2. The highest BCUT2D eigenvalue weighted by molar-refractivity contribution is 5.42. The Labute approximate surface area is 134 Å². The summed E-state index contributed by atoms with van der Waals surface area (Å²) < 4.78 is 10.9. The van der Waals surface area contributed by atoms with Gasteiger partial charge in [-0.2, -0.15) is 0 Å². The van der Waals surface area contributed by atoms with E-state index < -0.39 is 0 Å². The zero-order valence-electron chi connectivity index (χ0n) is 14.2. The van der Waals surface area contributed by atoms with Crippen LogP contribution in [-0.2, 0) is 0 Å². The minimum atomic E-state index is 0.152. The number of rotatable bonds is 6. The van der Waals surface area contributed by atoms with Crippen LogP contribution in [-0.4, -0.2) is 62.8 Å². The van der Waals surface area contributed by atoms with Crippen molar-refractivity contribution in [2.75, 3.05) is 46.9 Å². The third-order valence-corrected chi connectivity index (χ3v) is 4.63. The third kappa shape index (κ3) is 3.54. The second-order valence-electron chi connectivity index (χ2n) is 5.84. The molecule has 0 bridgehead atoms. The Hall–Kier alpha value is -1.30. The number of benzene rings is 1. The summed E-state index contributed by atoms with van der Waals surface area (Å²) in [5.74, 6) is 1.72. The van der Waals surface area contributed by atoms with Crippen molar-refractivity contribution >= 4 is 0 Å². The number of hydrogen-bond donors (Lipinski definition) is 1. The van der Waals surface area contributed by atoms with Gasteiger partial charge in [-0.05, 0) is 31.7 Å². The van der Waals surface area contributed by atoms with Crippen molar-refractivity contribution in [3.63, 3.8) is 0 Å². The van der Waals surface area contributed by atoms with Crippen LogP contribution in [0.1, 0.15) is 25.5 Å². The molecule has 5 nitrogen and oxygen atoms in total. The van der Waals surface area contributed by atoms with E-state index in [4.69, 9.17) is 15.2 Å². The Morgan fingerprint density at radius 2 is 2.05 bits per heavy atom. The molecule has 1 aliphatic heterocycles. The lowest BCUT2D eigenvalue weighted by Crippen LogP contribution is -2.53. The molecule has 0 saturated carbocycles. The molecule has 2 unspecified atom stereocenters. The fraction of sp³-hybridized carbons (Fsp3) is 0.647. The Kier molecular flexibility index (Phi) is 6.06. The summed E-state index contributed by atoms with van der Waals surface area (Å²) in [7, 11) is 3.39. The lowest BCUT2D eigenvalue weighted by atomic mass is 10.00. The molecule has 0 radical (unpaired) electrons. The summed E-state index contributed by atoms with van der Waals surface area (Å²) in [5.41, 5.74) is 7.24. The topological polar surface area (TPSA) is 51.0 Å². The van der Waals surface area contributed by atoms with Crippen LogP contribution in [0.3, 0.4) is 0 Å². The highest BCUT2D eigenvalue weighted by atomic mass is 16.5. The number of ether oxygens (including phenoxy) is 2. The highest BCUT2D eigenvalue weighted by Crippen LogP contribution is 2.34. The van der Waals surface area contributed by atoms with Gasteiger partial charge >= 0.3 is 0 Å². The molecule has 0 spiro atoms. The van der Waals surface area contributed by atoms with Gasteiger partial charge in [0.05, 0.1) is 20.3 Å². The van der Waals surface area contributed by atoms with Crippen LogP contribution in [0.4, 0.5) is 0 Å². The zero-order valence-corrected chi connectivity index (χ0v) is 14.2.